The van der Waals surface area contributed by atoms with Crippen LogP contribution < -0.4 is 10.2 Å². The number of para-hydroxylation sites is 1. The summed E-state index contributed by atoms with van der Waals surface area (Å²) in [5, 5.41) is 3.98. The maximum Gasteiger partial charge on any atom is 0.417 e. The third-order valence-corrected chi connectivity index (χ3v) is 5.15. The van der Waals surface area contributed by atoms with E-state index in [0.717, 1.165) is 18.2 Å². The number of amides is 2. The standard InChI is InChI=1S/C21H15ClF3N3O2S/c1-13(29)28(16-5-3-2-4-6-16)20-27-15(12-31-20)8-10-19(30)26-14-7-9-18(22)17(11-14)21(23,24)25/h2-12H,1H3,(H,26,30)/b10-8+. The summed E-state index contributed by atoms with van der Waals surface area (Å²) in [6, 6.07) is 12.1. The number of thiazole rings is 1. The first kappa shape index (κ1) is 22.5. The molecule has 0 saturated carbocycles. The van der Waals surface area contributed by atoms with Crippen LogP contribution in [0.15, 0.2) is 60.0 Å². The minimum Gasteiger partial charge on any atom is -0.322 e. The molecule has 0 bridgehead atoms. The van der Waals surface area contributed by atoms with Gasteiger partial charge in [-0.2, -0.15) is 13.2 Å². The largest absolute Gasteiger partial charge is 0.417 e. The fraction of sp³-hybridized carbons (Fsp3) is 0.0952. The molecule has 1 aromatic heterocycles. The van der Waals surface area contributed by atoms with Crippen LogP contribution in [-0.2, 0) is 15.8 Å². The van der Waals surface area contributed by atoms with Gasteiger partial charge in [0.25, 0.3) is 0 Å². The Labute approximate surface area is 184 Å². The maximum absolute atomic E-state index is 12.9. The lowest BCUT2D eigenvalue weighted by Crippen LogP contribution is -2.22. The number of hydrogen-bond acceptors (Lipinski definition) is 4. The smallest absolute Gasteiger partial charge is 0.322 e. The monoisotopic (exact) mass is 465 g/mol. The number of carbonyl (C=O) groups is 2. The minimum absolute atomic E-state index is 0.0443. The zero-order chi connectivity index (χ0) is 22.6. The molecule has 1 heterocycles. The van der Waals surface area contributed by atoms with Gasteiger partial charge in [0.05, 0.1) is 22.0 Å². The van der Waals surface area contributed by atoms with Gasteiger partial charge in [0, 0.05) is 24.1 Å². The van der Waals surface area contributed by atoms with Gasteiger partial charge in [-0.25, -0.2) is 4.98 Å². The average molecular weight is 466 g/mol. The quantitative estimate of drug-likeness (QED) is 0.459. The van der Waals surface area contributed by atoms with E-state index in [-0.39, 0.29) is 11.6 Å². The Morgan fingerprint density at radius 2 is 1.87 bits per heavy atom. The van der Waals surface area contributed by atoms with E-state index in [9.17, 15) is 22.8 Å². The van der Waals surface area contributed by atoms with Crippen LogP contribution in [0, 0.1) is 0 Å². The highest BCUT2D eigenvalue weighted by Crippen LogP contribution is 2.36. The van der Waals surface area contributed by atoms with E-state index in [1.807, 2.05) is 6.07 Å². The second kappa shape index (κ2) is 9.32. The normalized spacial score (nSPS) is 11.5. The summed E-state index contributed by atoms with van der Waals surface area (Å²) in [6.45, 7) is 1.42. The SMILES string of the molecule is CC(=O)N(c1ccccc1)c1nc(/C=C/C(=O)Nc2ccc(Cl)c(C(F)(F)F)c2)cs1. The van der Waals surface area contributed by atoms with Crippen LogP contribution >= 0.6 is 22.9 Å². The fourth-order valence-corrected chi connectivity index (χ4v) is 3.70. The topological polar surface area (TPSA) is 62.3 Å². The molecule has 0 fully saturated rings. The van der Waals surface area contributed by atoms with E-state index in [4.69, 9.17) is 11.6 Å². The summed E-state index contributed by atoms with van der Waals surface area (Å²) in [7, 11) is 0. The summed E-state index contributed by atoms with van der Waals surface area (Å²) in [5.41, 5.74) is -0.00672. The Morgan fingerprint density at radius 3 is 2.52 bits per heavy atom. The van der Waals surface area contributed by atoms with Gasteiger partial charge < -0.3 is 5.32 Å². The molecule has 2 amide bonds. The molecule has 0 radical (unpaired) electrons. The van der Waals surface area contributed by atoms with Crippen molar-refractivity contribution in [3.05, 3.63) is 76.3 Å². The zero-order valence-electron chi connectivity index (χ0n) is 16.0. The number of hydrogen-bond donors (Lipinski definition) is 1. The number of halogens is 4. The molecule has 5 nitrogen and oxygen atoms in total. The van der Waals surface area contributed by atoms with Crippen LogP contribution in [0.5, 0.6) is 0 Å². The number of alkyl halides is 3. The van der Waals surface area contributed by atoms with Gasteiger partial charge in [0.15, 0.2) is 5.13 Å². The second-order valence-corrected chi connectivity index (χ2v) is 7.50. The highest BCUT2D eigenvalue weighted by molar-refractivity contribution is 7.14. The van der Waals surface area contributed by atoms with Crippen LogP contribution in [0.1, 0.15) is 18.2 Å². The van der Waals surface area contributed by atoms with Gasteiger partial charge >= 0.3 is 6.18 Å². The summed E-state index contributed by atoms with van der Waals surface area (Å²) in [4.78, 5) is 29.9. The summed E-state index contributed by atoms with van der Waals surface area (Å²) in [5.74, 6) is -0.867. The summed E-state index contributed by atoms with van der Waals surface area (Å²) < 4.78 is 38.8. The first-order chi connectivity index (χ1) is 14.6. The Hall–Kier alpha value is -3.17. The number of benzene rings is 2. The molecule has 0 spiro atoms. The van der Waals surface area contributed by atoms with E-state index in [2.05, 4.69) is 10.3 Å². The molecular formula is C21H15ClF3N3O2S. The Balaban J connectivity index is 1.73. The molecular weight excluding hydrogens is 451 g/mol. The third-order valence-electron chi connectivity index (χ3n) is 3.98. The average Bonchev–Trinajstić information content (AvgIpc) is 3.16. The van der Waals surface area contributed by atoms with Gasteiger partial charge in [-0.15, -0.1) is 11.3 Å². The van der Waals surface area contributed by atoms with Crippen LogP contribution in [0.2, 0.25) is 5.02 Å². The van der Waals surface area contributed by atoms with E-state index < -0.39 is 22.7 Å². The van der Waals surface area contributed by atoms with E-state index in [1.165, 1.54) is 35.3 Å². The highest BCUT2D eigenvalue weighted by Gasteiger charge is 2.33. The number of carbonyl (C=O) groups excluding carboxylic acids is 2. The molecule has 3 aromatic rings. The molecule has 0 saturated heterocycles. The first-order valence-electron chi connectivity index (χ1n) is 8.82. The van der Waals surface area contributed by atoms with Gasteiger partial charge in [-0.05, 0) is 36.4 Å². The van der Waals surface area contributed by atoms with Crippen LogP contribution in [0.3, 0.4) is 0 Å². The number of nitrogens with one attached hydrogen (secondary N) is 1. The van der Waals surface area contributed by atoms with Gasteiger partial charge in [-0.3, -0.25) is 14.5 Å². The van der Waals surface area contributed by atoms with Crippen molar-refractivity contribution in [2.45, 2.75) is 13.1 Å². The van der Waals surface area contributed by atoms with E-state index >= 15 is 0 Å². The van der Waals surface area contributed by atoms with Crippen LogP contribution in [-0.4, -0.2) is 16.8 Å². The maximum atomic E-state index is 12.9. The Morgan fingerprint density at radius 1 is 1.16 bits per heavy atom. The number of nitrogens with zero attached hydrogens (tertiary/aromatic N) is 2. The molecule has 0 aliphatic rings. The van der Waals surface area contributed by atoms with E-state index in [0.29, 0.717) is 16.5 Å². The molecule has 0 aliphatic carbocycles. The van der Waals surface area contributed by atoms with Crippen molar-refractivity contribution in [3.63, 3.8) is 0 Å². The number of rotatable bonds is 5. The highest BCUT2D eigenvalue weighted by atomic mass is 35.5. The molecule has 0 aliphatic heterocycles. The fourth-order valence-electron chi connectivity index (χ4n) is 2.62. The van der Waals surface area contributed by atoms with Crippen LogP contribution in [0.4, 0.5) is 29.7 Å². The Bertz CT molecular complexity index is 1130. The van der Waals surface area contributed by atoms with Crippen molar-refractivity contribution < 1.29 is 22.8 Å². The summed E-state index contributed by atoms with van der Waals surface area (Å²) in [6.07, 6.45) is -2.09. The molecule has 160 valence electrons. The molecule has 2 aromatic carbocycles. The van der Waals surface area contributed by atoms with Crippen molar-refractivity contribution in [2.24, 2.45) is 0 Å². The minimum atomic E-state index is -4.63. The Kier molecular flexibility index (Phi) is 6.77. The molecule has 31 heavy (non-hydrogen) atoms. The van der Waals surface area contributed by atoms with Crippen molar-refractivity contribution in [3.8, 4) is 0 Å². The molecule has 0 unspecified atom stereocenters. The molecule has 10 heteroatoms. The lowest BCUT2D eigenvalue weighted by molar-refractivity contribution is -0.137. The number of anilines is 3. The molecule has 3 rings (SSSR count). The van der Waals surface area contributed by atoms with Crippen molar-refractivity contribution >= 4 is 57.3 Å². The zero-order valence-corrected chi connectivity index (χ0v) is 17.6. The van der Waals surface area contributed by atoms with Crippen LogP contribution in [0.25, 0.3) is 6.08 Å². The lowest BCUT2D eigenvalue weighted by atomic mass is 10.2. The summed E-state index contributed by atoms with van der Waals surface area (Å²) >= 11 is 6.79. The molecule has 1 N–H and O–H groups in total. The second-order valence-electron chi connectivity index (χ2n) is 6.26. The predicted octanol–water partition coefficient (Wildman–Crippen LogP) is 6.15. The van der Waals surface area contributed by atoms with Gasteiger partial charge in [0.2, 0.25) is 11.8 Å². The van der Waals surface area contributed by atoms with Gasteiger partial charge in [-0.1, -0.05) is 29.8 Å². The third kappa shape index (κ3) is 5.71. The van der Waals surface area contributed by atoms with E-state index in [1.54, 1.807) is 29.6 Å². The molecule has 0 atom stereocenters. The van der Waals surface area contributed by atoms with Crippen molar-refractivity contribution in [1.82, 2.24) is 4.98 Å². The van der Waals surface area contributed by atoms with Crippen molar-refractivity contribution in [1.29, 1.82) is 0 Å². The van der Waals surface area contributed by atoms with Gasteiger partial charge in [0.1, 0.15) is 0 Å². The lowest BCUT2D eigenvalue weighted by Gasteiger charge is -2.17. The first-order valence-corrected chi connectivity index (χ1v) is 10.1. The number of aromatic nitrogens is 1. The predicted molar refractivity (Wildman–Crippen MR) is 115 cm³/mol. The van der Waals surface area contributed by atoms with Crippen molar-refractivity contribution in [2.75, 3.05) is 10.2 Å².